The maximum absolute atomic E-state index is 15.2. The molecule has 0 spiro atoms. The largest absolute Gasteiger partial charge is 0.363 e. The Morgan fingerprint density at radius 3 is 2.63 bits per heavy atom. The molecule has 1 aromatic carbocycles. The molecule has 2 aliphatic heterocycles. The Morgan fingerprint density at radius 2 is 1.96 bits per heavy atom. The van der Waals surface area contributed by atoms with Crippen LogP contribution in [0.15, 0.2) is 41.5 Å². The molecule has 0 aliphatic carbocycles. The minimum Gasteiger partial charge on any atom is -0.363 e. The number of benzene rings is 1. The van der Waals surface area contributed by atoms with E-state index in [4.69, 9.17) is 0 Å². The van der Waals surface area contributed by atoms with E-state index in [1.54, 1.807) is 18.2 Å². The second-order valence-corrected chi connectivity index (χ2v) is 14.9. The average Bonchev–Trinajstić information content (AvgIpc) is 3.01. The third kappa shape index (κ3) is 7.28. The summed E-state index contributed by atoms with van der Waals surface area (Å²) in [5.41, 5.74) is -0.593. The molecule has 0 saturated carbocycles. The summed E-state index contributed by atoms with van der Waals surface area (Å²) >= 11 is 0. The fourth-order valence-electron chi connectivity index (χ4n) is 6.26. The van der Waals surface area contributed by atoms with Crippen molar-refractivity contribution in [2.24, 2.45) is 5.92 Å². The number of nitrogens with one attached hydrogen (secondary N) is 2. The van der Waals surface area contributed by atoms with Crippen molar-refractivity contribution in [3.8, 4) is 6.07 Å². The van der Waals surface area contributed by atoms with Crippen LogP contribution in [-0.4, -0.2) is 53.8 Å². The monoisotopic (exact) mass is 654 g/mol. The number of pyridine rings is 1. The van der Waals surface area contributed by atoms with Gasteiger partial charge in [0.1, 0.15) is 33.9 Å². The van der Waals surface area contributed by atoms with Crippen LogP contribution in [0.3, 0.4) is 0 Å². The summed E-state index contributed by atoms with van der Waals surface area (Å²) in [5.74, 6) is -2.73. The number of fused-ring (bicyclic) bond motifs is 1. The first kappa shape index (κ1) is 33.6. The lowest BCUT2D eigenvalue weighted by Gasteiger charge is -2.31. The van der Waals surface area contributed by atoms with Gasteiger partial charge < -0.3 is 15.4 Å². The van der Waals surface area contributed by atoms with Crippen LogP contribution in [0.4, 0.5) is 14.6 Å². The molecule has 4 heterocycles. The van der Waals surface area contributed by atoms with Gasteiger partial charge >= 0.3 is 0 Å². The van der Waals surface area contributed by atoms with Crippen molar-refractivity contribution in [1.82, 2.24) is 19.9 Å². The molecular formula is C33H40F2N6O4S. The average molecular weight is 655 g/mol. The third-order valence-electron chi connectivity index (χ3n) is 9.39. The van der Waals surface area contributed by atoms with Crippen molar-refractivity contribution in [1.29, 1.82) is 5.26 Å². The van der Waals surface area contributed by atoms with Gasteiger partial charge in [0, 0.05) is 36.6 Å². The number of anilines is 1. The zero-order valence-corrected chi connectivity index (χ0v) is 26.8. The summed E-state index contributed by atoms with van der Waals surface area (Å²) < 4.78 is 56.4. The summed E-state index contributed by atoms with van der Waals surface area (Å²) in [6.07, 6.45) is 4.77. The van der Waals surface area contributed by atoms with Crippen LogP contribution in [0, 0.1) is 17.2 Å². The third-order valence-corrected chi connectivity index (χ3v) is 11.0. The van der Waals surface area contributed by atoms with Gasteiger partial charge in [-0.05, 0) is 75.7 Å². The molecule has 0 bridgehead atoms. The number of nitrogens with zero attached hydrogens (tertiary/aromatic N) is 4. The molecular weight excluding hydrogens is 614 g/mol. The molecule has 46 heavy (non-hydrogen) atoms. The minimum atomic E-state index is -3.32. The molecule has 10 nitrogen and oxygen atoms in total. The van der Waals surface area contributed by atoms with E-state index in [0.29, 0.717) is 54.5 Å². The van der Waals surface area contributed by atoms with Crippen molar-refractivity contribution in [3.05, 3.63) is 63.7 Å². The van der Waals surface area contributed by atoms with Crippen molar-refractivity contribution in [2.45, 2.75) is 82.2 Å². The zero-order valence-electron chi connectivity index (χ0n) is 26.0. The van der Waals surface area contributed by atoms with Crippen LogP contribution in [0.5, 0.6) is 0 Å². The van der Waals surface area contributed by atoms with E-state index in [-0.39, 0.29) is 54.4 Å². The number of rotatable bonds is 14. The maximum Gasteiger partial charge on any atom is 0.273 e. The number of aldehydes is 1. The summed E-state index contributed by atoms with van der Waals surface area (Å²) in [4.78, 5) is 33.6. The lowest BCUT2D eigenvalue weighted by Crippen LogP contribution is -2.42. The van der Waals surface area contributed by atoms with E-state index < -0.39 is 32.8 Å². The highest BCUT2D eigenvalue weighted by Crippen LogP contribution is 2.38. The Labute approximate surface area is 267 Å². The highest BCUT2D eigenvalue weighted by Gasteiger charge is 2.42. The van der Waals surface area contributed by atoms with Crippen molar-refractivity contribution >= 4 is 33.0 Å². The number of alkyl halides is 2. The minimum absolute atomic E-state index is 0.00294. The fourth-order valence-corrected chi connectivity index (χ4v) is 7.78. The summed E-state index contributed by atoms with van der Waals surface area (Å²) in [6.45, 7) is 3.66. The maximum atomic E-state index is 15.2. The Bertz CT molecular complexity index is 1770. The molecule has 246 valence electrons. The first-order valence-electron chi connectivity index (χ1n) is 15.9. The zero-order chi connectivity index (χ0) is 33.0. The van der Waals surface area contributed by atoms with Gasteiger partial charge in [-0.15, -0.1) is 0 Å². The van der Waals surface area contributed by atoms with Crippen LogP contribution in [0.1, 0.15) is 81.0 Å². The van der Waals surface area contributed by atoms with Crippen LogP contribution < -0.4 is 16.2 Å². The van der Waals surface area contributed by atoms with Crippen LogP contribution in [-0.2, 0) is 32.5 Å². The van der Waals surface area contributed by atoms with Crippen LogP contribution in [0.25, 0.3) is 11.0 Å². The van der Waals surface area contributed by atoms with Crippen LogP contribution in [0.2, 0.25) is 0 Å². The fraction of sp³-hybridized carbons (Fsp3) is 0.545. The molecule has 5 rings (SSSR count). The Kier molecular flexibility index (Phi) is 10.2. The number of hydrogen-bond donors (Lipinski definition) is 2. The van der Waals surface area contributed by atoms with E-state index in [0.717, 1.165) is 19.4 Å². The Hall–Kier alpha value is -3.76. The number of aryl methyl sites for hydroxylation is 1. The topological polar surface area (TPSA) is 147 Å². The smallest absolute Gasteiger partial charge is 0.273 e. The first-order valence-corrected chi connectivity index (χ1v) is 17.7. The summed E-state index contributed by atoms with van der Waals surface area (Å²) in [6, 6.07) is 9.74. The molecule has 2 aliphatic rings. The second-order valence-electron chi connectivity index (χ2n) is 12.6. The highest BCUT2D eigenvalue weighted by molar-refractivity contribution is 7.91. The quantitative estimate of drug-likeness (QED) is 0.185. The van der Waals surface area contributed by atoms with Crippen LogP contribution >= 0.6 is 0 Å². The number of carbonyl (C=O) groups is 1. The van der Waals surface area contributed by atoms with E-state index >= 15 is 8.78 Å². The number of nitriles is 1. The SMILES string of the molecule is CC(Nc1ncnc2c1cc(C1(C#N)CCS(=O)(=O)CC1)c(=O)n2CCCCCC=O)c1cccc(C(F)(F)CCC2CNC2)c1. The molecule has 2 saturated heterocycles. The number of unbranched alkanes of at least 4 members (excludes halogenated alkanes) is 3. The van der Waals surface area contributed by atoms with Gasteiger partial charge in [0.15, 0.2) is 0 Å². The molecule has 0 radical (unpaired) electrons. The van der Waals surface area contributed by atoms with E-state index in [1.165, 1.54) is 23.0 Å². The van der Waals surface area contributed by atoms with Gasteiger partial charge in [0.05, 0.1) is 28.4 Å². The van der Waals surface area contributed by atoms with Crippen molar-refractivity contribution < 1.29 is 22.0 Å². The molecule has 2 aromatic heterocycles. The van der Waals surface area contributed by atoms with E-state index in [1.807, 2.05) is 6.92 Å². The van der Waals surface area contributed by atoms with Crippen molar-refractivity contribution in [2.75, 3.05) is 29.9 Å². The standard InChI is InChI=1S/C33H40F2N6O4S/c1-23(25-7-6-8-26(17-25)33(34,35)10-9-24-19-37-20-24)40-29-27-18-28(32(21-36)11-15-46(44,45)16-12-32)31(43)41(30(27)39-22-38-29)13-4-2-3-5-14-42/h6-8,14,17-18,22-24,37H,2-5,9-13,15-16,19-20H2,1H3,(H,38,39,40). The summed E-state index contributed by atoms with van der Waals surface area (Å²) in [7, 11) is -3.32. The first-order chi connectivity index (χ1) is 22.0. The van der Waals surface area contributed by atoms with Gasteiger partial charge in [0.2, 0.25) is 0 Å². The van der Waals surface area contributed by atoms with Crippen molar-refractivity contribution in [3.63, 3.8) is 0 Å². The molecule has 1 unspecified atom stereocenters. The van der Waals surface area contributed by atoms with Gasteiger partial charge in [-0.3, -0.25) is 9.36 Å². The molecule has 1 atom stereocenters. The lowest BCUT2D eigenvalue weighted by atomic mass is 9.77. The summed E-state index contributed by atoms with van der Waals surface area (Å²) in [5, 5.41) is 17.2. The van der Waals surface area contributed by atoms with Gasteiger partial charge in [-0.1, -0.05) is 24.6 Å². The lowest BCUT2D eigenvalue weighted by molar-refractivity contribution is -0.107. The van der Waals surface area contributed by atoms with E-state index in [2.05, 4.69) is 26.7 Å². The number of hydrogen-bond acceptors (Lipinski definition) is 9. The molecule has 3 aromatic rings. The number of halogens is 2. The Balaban J connectivity index is 1.50. The number of sulfone groups is 1. The molecule has 0 amide bonds. The van der Waals surface area contributed by atoms with Gasteiger partial charge in [-0.25, -0.2) is 27.2 Å². The Morgan fingerprint density at radius 1 is 1.20 bits per heavy atom. The molecule has 13 heteroatoms. The molecule has 2 fully saturated rings. The number of carbonyl (C=O) groups excluding carboxylic acids is 1. The predicted molar refractivity (Wildman–Crippen MR) is 171 cm³/mol. The number of aromatic nitrogens is 3. The van der Waals surface area contributed by atoms with E-state index in [9.17, 15) is 23.3 Å². The highest BCUT2D eigenvalue weighted by atomic mass is 32.2. The predicted octanol–water partition coefficient (Wildman–Crippen LogP) is 4.79. The van der Waals surface area contributed by atoms with Gasteiger partial charge in [0.25, 0.3) is 11.5 Å². The normalized spacial score (nSPS) is 18.4. The van der Waals surface area contributed by atoms with Gasteiger partial charge in [-0.2, -0.15) is 5.26 Å². The second kappa shape index (κ2) is 13.9. The molecule has 2 N–H and O–H groups in total.